The van der Waals surface area contributed by atoms with E-state index in [0.29, 0.717) is 30.7 Å². The smallest absolute Gasteiger partial charge is 0.317 e. The van der Waals surface area contributed by atoms with Crippen molar-refractivity contribution in [1.82, 2.24) is 4.90 Å². The highest BCUT2D eigenvalue weighted by atomic mass is 32.2. The highest BCUT2D eigenvalue weighted by molar-refractivity contribution is 8.13. The van der Waals surface area contributed by atoms with Crippen molar-refractivity contribution in [2.45, 2.75) is 38.1 Å². The van der Waals surface area contributed by atoms with E-state index < -0.39 is 5.92 Å². The summed E-state index contributed by atoms with van der Waals surface area (Å²) >= 11 is 1.49. The van der Waals surface area contributed by atoms with Crippen molar-refractivity contribution in [3.63, 3.8) is 0 Å². The van der Waals surface area contributed by atoms with Gasteiger partial charge in [0.1, 0.15) is 5.92 Å². The average molecular weight is 508 g/mol. The summed E-state index contributed by atoms with van der Waals surface area (Å²) in [7, 11) is 0. The lowest BCUT2D eigenvalue weighted by atomic mass is 9.88. The van der Waals surface area contributed by atoms with E-state index in [-0.39, 0.29) is 12.0 Å². The molecule has 0 N–H and O–H groups in total. The number of aryl methyl sites for hydroxylation is 1. The summed E-state index contributed by atoms with van der Waals surface area (Å²) in [5, 5.41) is 0.673. The zero-order chi connectivity index (χ0) is 25.0. The van der Waals surface area contributed by atoms with Crippen molar-refractivity contribution in [2.75, 3.05) is 45.7 Å². The molecule has 7 heteroatoms. The molecule has 0 radical (unpaired) electrons. The lowest BCUT2D eigenvalue weighted by molar-refractivity contribution is -0.147. The van der Waals surface area contributed by atoms with Gasteiger partial charge in [0.05, 0.1) is 31.6 Å². The van der Waals surface area contributed by atoms with Crippen LogP contribution < -0.4 is 0 Å². The molecule has 0 amide bonds. The number of hydrogen-bond acceptors (Lipinski definition) is 7. The third-order valence-electron chi connectivity index (χ3n) is 6.69. The first kappa shape index (κ1) is 26.6. The van der Waals surface area contributed by atoms with Gasteiger partial charge in [-0.25, -0.2) is 4.99 Å². The van der Waals surface area contributed by atoms with Crippen LogP contribution in [0.25, 0.3) is 0 Å². The summed E-state index contributed by atoms with van der Waals surface area (Å²) in [6.45, 7) is 4.49. The second-order valence-corrected chi connectivity index (χ2v) is 10.0. The van der Waals surface area contributed by atoms with Crippen LogP contribution in [0.5, 0.6) is 0 Å². The number of aliphatic imine (C=N–C) groups is 2. The monoisotopic (exact) mass is 507 g/mol. The highest BCUT2D eigenvalue weighted by Gasteiger charge is 2.38. The van der Waals surface area contributed by atoms with Crippen molar-refractivity contribution >= 4 is 28.6 Å². The minimum atomic E-state index is -0.588. The number of ether oxygens (including phenoxy) is 2. The van der Waals surface area contributed by atoms with E-state index in [1.54, 1.807) is 0 Å². The summed E-state index contributed by atoms with van der Waals surface area (Å²) < 4.78 is 11.9. The van der Waals surface area contributed by atoms with Crippen LogP contribution in [0.4, 0.5) is 0 Å². The first-order valence-corrected chi connectivity index (χ1v) is 14.2. The van der Waals surface area contributed by atoms with Crippen LogP contribution in [0.3, 0.4) is 0 Å². The van der Waals surface area contributed by atoms with E-state index in [1.165, 1.54) is 36.6 Å². The Morgan fingerprint density at radius 1 is 1.00 bits per heavy atom. The maximum Gasteiger partial charge on any atom is 0.317 e. The summed E-state index contributed by atoms with van der Waals surface area (Å²) in [6.07, 6.45) is 7.45. The van der Waals surface area contributed by atoms with Crippen LogP contribution in [0.1, 0.15) is 42.9 Å². The number of amidine groups is 1. The third kappa shape index (κ3) is 7.76. The Balaban J connectivity index is 1.41. The molecule has 2 heterocycles. The standard InChI is InChI=1S/C29H37N3O3S/c1-36-29-30-25(22-34-21-19-32-17-9-4-10-18-32)26(27(31-29)24-15-7-3-8-16-24)28(33)35-20-11-14-23-12-5-2-6-13-23/h2-3,5-8,12-13,15-16,26-27H,4,9-11,14,17-22H2,1H3. The number of thioether (sulfide) groups is 1. The molecule has 6 nitrogen and oxygen atoms in total. The molecule has 2 aromatic carbocycles. The van der Waals surface area contributed by atoms with Gasteiger partial charge >= 0.3 is 5.97 Å². The van der Waals surface area contributed by atoms with Gasteiger partial charge in [0, 0.05) is 6.54 Å². The molecular weight excluding hydrogens is 470 g/mol. The molecule has 0 bridgehead atoms. The predicted octanol–water partition coefficient (Wildman–Crippen LogP) is 5.20. The van der Waals surface area contributed by atoms with E-state index in [2.05, 4.69) is 17.0 Å². The average Bonchev–Trinajstić information content (AvgIpc) is 2.94. The molecule has 1 fully saturated rings. The fourth-order valence-electron chi connectivity index (χ4n) is 4.74. The van der Waals surface area contributed by atoms with Crippen LogP contribution in [-0.4, -0.2) is 67.5 Å². The number of likely N-dealkylation sites (tertiary alicyclic amines) is 1. The van der Waals surface area contributed by atoms with Gasteiger partial charge < -0.3 is 14.4 Å². The molecule has 2 aliphatic rings. The highest BCUT2D eigenvalue weighted by Crippen LogP contribution is 2.33. The SMILES string of the molecule is CSC1=NC(c2ccccc2)C(C(=O)OCCCc2ccccc2)C(COCCN2CCCCC2)=N1. The van der Waals surface area contributed by atoms with E-state index in [1.807, 2.05) is 54.8 Å². The quantitative estimate of drug-likeness (QED) is 0.309. The predicted molar refractivity (Wildman–Crippen MR) is 148 cm³/mol. The number of benzene rings is 2. The number of hydrogen-bond donors (Lipinski definition) is 0. The van der Waals surface area contributed by atoms with Crippen LogP contribution >= 0.6 is 11.8 Å². The van der Waals surface area contributed by atoms with E-state index in [9.17, 15) is 4.79 Å². The molecule has 0 aromatic heterocycles. The van der Waals surface area contributed by atoms with Crippen LogP contribution in [-0.2, 0) is 20.7 Å². The van der Waals surface area contributed by atoms with E-state index in [0.717, 1.165) is 38.0 Å². The lowest BCUT2D eigenvalue weighted by Gasteiger charge is -2.29. The van der Waals surface area contributed by atoms with Crippen molar-refractivity contribution in [2.24, 2.45) is 15.9 Å². The molecule has 0 spiro atoms. The van der Waals surface area contributed by atoms with Gasteiger partial charge in [0.25, 0.3) is 0 Å². The topological polar surface area (TPSA) is 63.5 Å². The Kier molecular flexibility index (Phi) is 10.6. The zero-order valence-corrected chi connectivity index (χ0v) is 22.0. The minimum absolute atomic E-state index is 0.279. The van der Waals surface area contributed by atoms with E-state index >= 15 is 0 Å². The molecule has 2 atom stereocenters. The summed E-state index contributed by atoms with van der Waals surface area (Å²) in [4.78, 5) is 25.4. The molecule has 0 saturated carbocycles. The molecule has 0 aliphatic carbocycles. The second kappa shape index (κ2) is 14.3. The fraction of sp³-hybridized carbons (Fsp3) is 0.483. The molecule has 4 rings (SSSR count). The van der Waals surface area contributed by atoms with Crippen molar-refractivity contribution < 1.29 is 14.3 Å². The fourth-order valence-corrected chi connectivity index (χ4v) is 5.16. The summed E-state index contributed by atoms with van der Waals surface area (Å²) in [5.74, 6) is -0.866. The van der Waals surface area contributed by atoms with Gasteiger partial charge in [-0.1, -0.05) is 78.8 Å². The lowest BCUT2D eigenvalue weighted by Crippen LogP contribution is -2.38. The van der Waals surface area contributed by atoms with Crippen molar-refractivity contribution in [3.8, 4) is 0 Å². The molecule has 192 valence electrons. The maximum atomic E-state index is 13.4. The van der Waals surface area contributed by atoms with Gasteiger partial charge in [0.15, 0.2) is 5.17 Å². The molecule has 36 heavy (non-hydrogen) atoms. The summed E-state index contributed by atoms with van der Waals surface area (Å²) in [6, 6.07) is 19.9. The number of carbonyl (C=O) groups is 1. The summed E-state index contributed by atoms with van der Waals surface area (Å²) in [5.41, 5.74) is 2.93. The molecule has 1 saturated heterocycles. The number of rotatable bonds is 11. The largest absolute Gasteiger partial charge is 0.465 e. The number of esters is 1. The first-order chi connectivity index (χ1) is 17.7. The third-order valence-corrected chi connectivity index (χ3v) is 7.25. The van der Waals surface area contributed by atoms with Crippen molar-refractivity contribution in [1.29, 1.82) is 0 Å². The van der Waals surface area contributed by atoms with Crippen molar-refractivity contribution in [3.05, 3.63) is 71.8 Å². The van der Waals surface area contributed by atoms with E-state index in [4.69, 9.17) is 19.5 Å². The Bertz CT molecular complexity index is 1010. The van der Waals surface area contributed by atoms with Crippen LogP contribution in [0, 0.1) is 5.92 Å². The first-order valence-electron chi connectivity index (χ1n) is 13.0. The molecule has 2 aliphatic heterocycles. The minimum Gasteiger partial charge on any atom is -0.465 e. The van der Waals surface area contributed by atoms with Crippen LogP contribution in [0.2, 0.25) is 0 Å². The van der Waals surface area contributed by atoms with Crippen LogP contribution in [0.15, 0.2) is 70.6 Å². The van der Waals surface area contributed by atoms with Gasteiger partial charge in [-0.3, -0.25) is 9.79 Å². The second-order valence-electron chi connectivity index (χ2n) is 9.26. The Morgan fingerprint density at radius 2 is 1.72 bits per heavy atom. The Hall–Kier alpha value is -2.48. The number of carbonyl (C=O) groups excluding carboxylic acids is 1. The van der Waals surface area contributed by atoms with Gasteiger partial charge in [-0.05, 0) is 56.2 Å². The molecule has 2 aromatic rings. The molecule has 2 unspecified atom stereocenters. The van der Waals surface area contributed by atoms with Gasteiger partial charge in [0.2, 0.25) is 0 Å². The van der Waals surface area contributed by atoms with Gasteiger partial charge in [-0.15, -0.1) is 0 Å². The normalized spacial score (nSPS) is 20.5. The maximum absolute atomic E-state index is 13.4. The Morgan fingerprint density at radius 3 is 2.44 bits per heavy atom. The van der Waals surface area contributed by atoms with Gasteiger partial charge in [-0.2, -0.15) is 0 Å². The molecular formula is C29H37N3O3S. The Labute approximate surface area is 219 Å². The number of piperidine rings is 1. The number of nitrogens with zero attached hydrogens (tertiary/aromatic N) is 3. The zero-order valence-electron chi connectivity index (χ0n) is 21.2.